The van der Waals surface area contributed by atoms with Crippen LogP contribution in [0.2, 0.25) is 0 Å². The molecule has 0 saturated heterocycles. The third-order valence-electron chi connectivity index (χ3n) is 5.09. The summed E-state index contributed by atoms with van der Waals surface area (Å²) in [5.41, 5.74) is 9.99. The number of phosphoric acid groups is 1. The Labute approximate surface area is 189 Å². The van der Waals surface area contributed by atoms with Gasteiger partial charge in [0.15, 0.2) is 5.76 Å². The first-order valence-corrected chi connectivity index (χ1v) is 11.5. The van der Waals surface area contributed by atoms with Crippen LogP contribution in [0.25, 0.3) is 5.57 Å². The van der Waals surface area contributed by atoms with Gasteiger partial charge >= 0.3 is 7.82 Å². The minimum atomic E-state index is -4.62. The van der Waals surface area contributed by atoms with E-state index < -0.39 is 19.9 Å². The molecule has 0 amide bonds. The Kier molecular flexibility index (Phi) is 6.83. The van der Waals surface area contributed by atoms with Crippen molar-refractivity contribution in [3.63, 3.8) is 0 Å². The second-order valence-corrected chi connectivity index (χ2v) is 8.72. The molecule has 4 rings (SSSR count). The largest absolute Gasteiger partial charge is 0.471 e. The third kappa shape index (κ3) is 6.01. The normalized spacial score (nSPS) is 16.2. The van der Waals surface area contributed by atoms with Gasteiger partial charge in [0, 0.05) is 42.4 Å². The Hall–Kier alpha value is -3.14. The summed E-state index contributed by atoms with van der Waals surface area (Å²) in [7, 11) is -4.62. The molecule has 0 saturated carbocycles. The van der Waals surface area contributed by atoms with Gasteiger partial charge in [0.25, 0.3) is 0 Å². The number of rotatable bonds is 8. The van der Waals surface area contributed by atoms with Crippen LogP contribution >= 0.6 is 7.82 Å². The second-order valence-electron chi connectivity index (χ2n) is 7.48. The number of allylic oxidation sites excluding steroid dienone is 2. The topological polar surface area (TPSA) is 135 Å². The Morgan fingerprint density at radius 2 is 1.91 bits per heavy atom. The van der Waals surface area contributed by atoms with E-state index in [0.29, 0.717) is 35.4 Å². The molecule has 0 radical (unpaired) electrons. The number of phosphoric ester groups is 1. The fourth-order valence-electron chi connectivity index (χ4n) is 3.41. The van der Waals surface area contributed by atoms with Crippen LogP contribution < -0.4 is 5.73 Å². The SMILES string of the molecule is NC1C(c2cc(Cc3ccc(Cc4cccnc4F)cc3)no2)=CC=CN1COP(=O)(O)O. The van der Waals surface area contributed by atoms with E-state index in [9.17, 15) is 8.96 Å². The Bertz CT molecular complexity index is 1220. The van der Waals surface area contributed by atoms with Crippen LogP contribution in [0.15, 0.2) is 71.5 Å². The fourth-order valence-corrected chi connectivity index (χ4v) is 3.69. The molecule has 0 bridgehead atoms. The van der Waals surface area contributed by atoms with Gasteiger partial charge in [-0.3, -0.25) is 4.52 Å². The van der Waals surface area contributed by atoms with Crippen molar-refractivity contribution in [3.8, 4) is 0 Å². The lowest BCUT2D eigenvalue weighted by molar-refractivity contribution is 0.110. The number of nitrogens with zero attached hydrogens (tertiary/aromatic N) is 3. The van der Waals surface area contributed by atoms with Crippen molar-refractivity contribution in [1.29, 1.82) is 0 Å². The molecule has 33 heavy (non-hydrogen) atoms. The highest BCUT2D eigenvalue weighted by atomic mass is 31.2. The quantitative estimate of drug-likeness (QED) is 0.334. The highest BCUT2D eigenvalue weighted by Crippen LogP contribution is 2.36. The zero-order chi connectivity index (χ0) is 23.4. The average Bonchev–Trinajstić information content (AvgIpc) is 3.23. The van der Waals surface area contributed by atoms with Crippen LogP contribution in [0.5, 0.6) is 0 Å². The van der Waals surface area contributed by atoms with E-state index in [2.05, 4.69) is 14.7 Å². The lowest BCUT2D eigenvalue weighted by atomic mass is 10.0. The van der Waals surface area contributed by atoms with Crippen molar-refractivity contribution in [2.24, 2.45) is 5.73 Å². The van der Waals surface area contributed by atoms with Crippen molar-refractivity contribution in [2.45, 2.75) is 19.0 Å². The molecule has 1 atom stereocenters. The van der Waals surface area contributed by atoms with E-state index in [0.717, 1.165) is 11.1 Å². The van der Waals surface area contributed by atoms with Crippen LogP contribution in [0.4, 0.5) is 4.39 Å². The molecule has 0 aliphatic carbocycles. The van der Waals surface area contributed by atoms with Crippen molar-refractivity contribution in [3.05, 3.63) is 101 Å². The number of nitrogens with two attached hydrogens (primary N) is 1. The molecule has 3 heterocycles. The summed E-state index contributed by atoms with van der Waals surface area (Å²) in [6.07, 6.45) is 6.66. The standard InChI is InChI=1S/C22H22FN4O5P/c23-21-17(3-1-9-25-21)11-15-5-7-16(8-6-15)12-18-13-20(32-26-18)19-4-2-10-27(22(19)24)14-31-33(28,29)30/h1-10,13,22H,11-12,14,24H2,(H2,28,29,30). The summed E-state index contributed by atoms with van der Waals surface area (Å²) in [5.74, 6) is -0.0136. The summed E-state index contributed by atoms with van der Waals surface area (Å²) in [5, 5.41) is 4.11. The van der Waals surface area contributed by atoms with Crippen LogP contribution in [-0.2, 0) is 21.9 Å². The molecule has 0 fully saturated rings. The maximum Gasteiger partial charge on any atom is 0.471 e. The van der Waals surface area contributed by atoms with Crippen molar-refractivity contribution >= 4 is 13.4 Å². The lowest BCUT2D eigenvalue weighted by Gasteiger charge is -2.30. The maximum atomic E-state index is 13.8. The number of benzene rings is 1. The molecular formula is C22H22FN4O5P. The first-order valence-electron chi connectivity index (χ1n) is 10.0. The lowest BCUT2D eigenvalue weighted by Crippen LogP contribution is -2.41. The first kappa shape index (κ1) is 23.0. The third-order valence-corrected chi connectivity index (χ3v) is 5.54. The summed E-state index contributed by atoms with van der Waals surface area (Å²) in [4.78, 5) is 22.9. The van der Waals surface area contributed by atoms with Gasteiger partial charge in [-0.2, -0.15) is 4.39 Å². The van der Waals surface area contributed by atoms with Gasteiger partial charge in [0.1, 0.15) is 12.9 Å². The molecular weight excluding hydrogens is 450 g/mol. The number of hydrogen-bond donors (Lipinski definition) is 3. The van der Waals surface area contributed by atoms with E-state index in [1.54, 1.807) is 36.6 Å². The number of pyridine rings is 1. The predicted octanol–water partition coefficient (Wildman–Crippen LogP) is 2.95. The molecule has 1 aliphatic rings. The average molecular weight is 472 g/mol. The highest BCUT2D eigenvalue weighted by Gasteiger charge is 2.25. The van der Waals surface area contributed by atoms with E-state index >= 15 is 0 Å². The van der Waals surface area contributed by atoms with Crippen LogP contribution in [0.3, 0.4) is 0 Å². The number of halogens is 1. The van der Waals surface area contributed by atoms with Gasteiger partial charge < -0.3 is 24.9 Å². The number of hydrogen-bond acceptors (Lipinski definition) is 7. The van der Waals surface area contributed by atoms with Gasteiger partial charge in [0.05, 0.1) is 5.69 Å². The van der Waals surface area contributed by atoms with E-state index in [-0.39, 0.29) is 6.73 Å². The molecule has 1 aliphatic heterocycles. The summed E-state index contributed by atoms with van der Waals surface area (Å²) in [6.45, 7) is -0.379. The van der Waals surface area contributed by atoms with E-state index in [1.165, 1.54) is 11.1 Å². The van der Waals surface area contributed by atoms with Gasteiger partial charge in [0.2, 0.25) is 5.95 Å². The monoisotopic (exact) mass is 472 g/mol. The van der Waals surface area contributed by atoms with Crippen molar-refractivity contribution < 1.29 is 27.8 Å². The molecule has 0 spiro atoms. The molecule has 11 heteroatoms. The minimum absolute atomic E-state index is 0.379. The maximum absolute atomic E-state index is 13.8. The second kappa shape index (κ2) is 9.78. The molecule has 1 aromatic carbocycles. The zero-order valence-electron chi connectivity index (χ0n) is 17.4. The summed E-state index contributed by atoms with van der Waals surface area (Å²) in [6, 6.07) is 13.0. The van der Waals surface area contributed by atoms with Gasteiger partial charge in [-0.05, 0) is 23.3 Å². The molecule has 2 aromatic heterocycles. The fraction of sp³-hybridized carbons (Fsp3) is 0.182. The van der Waals surface area contributed by atoms with Gasteiger partial charge in [-0.1, -0.05) is 41.6 Å². The molecule has 4 N–H and O–H groups in total. The Balaban J connectivity index is 1.39. The van der Waals surface area contributed by atoms with E-state index in [4.69, 9.17) is 20.0 Å². The zero-order valence-corrected chi connectivity index (χ0v) is 18.3. The van der Waals surface area contributed by atoms with Gasteiger partial charge in [-0.15, -0.1) is 0 Å². The van der Waals surface area contributed by atoms with Crippen LogP contribution in [0.1, 0.15) is 28.1 Å². The first-order chi connectivity index (χ1) is 15.8. The summed E-state index contributed by atoms with van der Waals surface area (Å²) >= 11 is 0. The van der Waals surface area contributed by atoms with Crippen LogP contribution in [0, 0.1) is 5.95 Å². The molecule has 1 unspecified atom stereocenters. The Morgan fingerprint density at radius 1 is 1.18 bits per heavy atom. The van der Waals surface area contributed by atoms with Crippen molar-refractivity contribution in [2.75, 3.05) is 6.73 Å². The number of aromatic nitrogens is 2. The minimum Gasteiger partial charge on any atom is -0.356 e. The van der Waals surface area contributed by atoms with Crippen molar-refractivity contribution in [1.82, 2.24) is 15.0 Å². The van der Waals surface area contributed by atoms with Gasteiger partial charge in [-0.25, -0.2) is 9.55 Å². The predicted molar refractivity (Wildman–Crippen MR) is 118 cm³/mol. The molecule has 3 aromatic rings. The Morgan fingerprint density at radius 3 is 2.61 bits per heavy atom. The summed E-state index contributed by atoms with van der Waals surface area (Å²) < 4.78 is 34.7. The molecule has 172 valence electrons. The smallest absolute Gasteiger partial charge is 0.356 e. The van der Waals surface area contributed by atoms with E-state index in [1.807, 2.05) is 24.3 Å². The molecule has 9 nitrogen and oxygen atoms in total. The van der Waals surface area contributed by atoms with Crippen LogP contribution in [-0.4, -0.2) is 37.7 Å². The highest BCUT2D eigenvalue weighted by molar-refractivity contribution is 7.46.